The molecule has 0 aliphatic heterocycles. The number of benzene rings is 1. The highest BCUT2D eigenvalue weighted by Crippen LogP contribution is 2.31. The average molecular weight is 686 g/mol. The summed E-state index contributed by atoms with van der Waals surface area (Å²) in [5, 5.41) is 29.8. The van der Waals surface area contributed by atoms with Gasteiger partial charge in [-0.15, -0.1) is 0 Å². The number of hydrogen-bond acceptors (Lipinski definition) is 13. The Morgan fingerprint density at radius 3 is 1.77 bits per heavy atom. The first-order valence-corrected chi connectivity index (χ1v) is 17.2. The van der Waals surface area contributed by atoms with Crippen LogP contribution < -0.4 is 9.47 Å². The summed E-state index contributed by atoms with van der Waals surface area (Å²) in [6.45, 7) is 14.7. The molecule has 2 rings (SSSR count). The van der Waals surface area contributed by atoms with Gasteiger partial charge in [-0.05, 0) is 63.2 Å². The van der Waals surface area contributed by atoms with Gasteiger partial charge in [-0.3, -0.25) is 0 Å². The topological polar surface area (TPSA) is 137 Å². The predicted molar refractivity (Wildman–Crippen MR) is 181 cm³/mol. The first-order chi connectivity index (χ1) is 22.7. The van der Waals surface area contributed by atoms with Gasteiger partial charge in [0.15, 0.2) is 0 Å². The summed E-state index contributed by atoms with van der Waals surface area (Å²) in [6.07, 6.45) is 1.47. The zero-order valence-corrected chi connectivity index (χ0v) is 29.9. The van der Waals surface area contributed by atoms with Crippen LogP contribution in [0.5, 0.6) is 0 Å². The fraction of sp³-hybridized carbons (Fsp3) is 0.727. The lowest BCUT2D eigenvalue weighted by atomic mass is 10.1. The SMILES string of the molecule is Cc1c(/N=N/c2scc[n+]2C)cccc1N(CC(COC(C)C)OCCOCCO)CC(COC(C)C)OCCOCCOCCO. The van der Waals surface area contributed by atoms with E-state index in [1.807, 2.05) is 69.9 Å². The molecule has 0 fully saturated rings. The van der Waals surface area contributed by atoms with Crippen molar-refractivity contribution in [2.45, 2.75) is 59.0 Å². The molecule has 14 heteroatoms. The summed E-state index contributed by atoms with van der Waals surface area (Å²) in [6, 6.07) is 6.01. The highest BCUT2D eigenvalue weighted by atomic mass is 32.1. The lowest BCUT2D eigenvalue weighted by Crippen LogP contribution is -2.44. The minimum Gasteiger partial charge on any atom is -0.394 e. The Kier molecular flexibility index (Phi) is 21.8. The van der Waals surface area contributed by atoms with Crippen LogP contribution in [-0.4, -0.2) is 127 Å². The molecule has 47 heavy (non-hydrogen) atoms. The van der Waals surface area contributed by atoms with E-state index in [-0.39, 0.29) is 44.2 Å². The molecule has 13 nitrogen and oxygen atoms in total. The number of aryl methyl sites for hydroxylation is 1. The van der Waals surface area contributed by atoms with Gasteiger partial charge < -0.3 is 48.3 Å². The van der Waals surface area contributed by atoms with Gasteiger partial charge in [-0.2, -0.15) is 0 Å². The average Bonchev–Trinajstić information content (AvgIpc) is 3.46. The minimum atomic E-state index is -0.279. The van der Waals surface area contributed by atoms with Gasteiger partial charge in [0.05, 0.1) is 116 Å². The number of rotatable bonds is 28. The highest BCUT2D eigenvalue weighted by molar-refractivity contribution is 7.12. The Balaban J connectivity index is 2.30. The van der Waals surface area contributed by atoms with Crippen molar-refractivity contribution < 1.29 is 47.9 Å². The molecular weight excluding hydrogens is 628 g/mol. The van der Waals surface area contributed by atoms with Crippen LogP contribution in [0.3, 0.4) is 0 Å². The molecule has 2 atom stereocenters. The number of anilines is 1. The summed E-state index contributed by atoms with van der Waals surface area (Å²) >= 11 is 1.53. The Labute approximate surface area is 284 Å². The number of thiazole rings is 1. The molecule has 0 aliphatic carbocycles. The van der Waals surface area contributed by atoms with Gasteiger partial charge in [0.1, 0.15) is 11.9 Å². The van der Waals surface area contributed by atoms with E-state index >= 15 is 0 Å². The van der Waals surface area contributed by atoms with Crippen LogP contribution in [0.15, 0.2) is 40.0 Å². The molecule has 0 spiro atoms. The Morgan fingerprint density at radius 2 is 1.28 bits per heavy atom. The number of ether oxygens (including phenoxy) is 7. The third-order valence-electron chi connectivity index (χ3n) is 6.70. The second kappa shape index (κ2) is 24.9. The van der Waals surface area contributed by atoms with E-state index in [0.717, 1.165) is 22.1 Å². The standard InChI is InChI=1S/C33H57N4O9S/c1-26(2)45-24-29(43-19-17-41-14-12-39)22-37(23-30(25-46-27(3)4)44-20-18-42-16-15-40-13-11-38)32-9-7-8-31(28(32)5)34-35-33-36(6)10-21-47-33/h7-10,21,26-27,29-30,38-39H,11-20,22-25H2,1-6H3/q+1. The lowest BCUT2D eigenvalue weighted by molar-refractivity contribution is -0.654. The number of hydrogen-bond donors (Lipinski definition) is 2. The van der Waals surface area contributed by atoms with E-state index in [0.29, 0.717) is 72.6 Å². The lowest BCUT2D eigenvalue weighted by Gasteiger charge is -2.34. The summed E-state index contributed by atoms with van der Waals surface area (Å²) in [5.74, 6) is 0. The molecule has 0 amide bonds. The van der Waals surface area contributed by atoms with Crippen molar-refractivity contribution in [1.82, 2.24) is 0 Å². The van der Waals surface area contributed by atoms with Gasteiger partial charge in [0.2, 0.25) is 0 Å². The number of aliphatic hydroxyl groups excluding tert-OH is 2. The Morgan fingerprint density at radius 1 is 0.745 bits per heavy atom. The maximum atomic E-state index is 9.06. The van der Waals surface area contributed by atoms with Crippen LogP contribution in [0.25, 0.3) is 0 Å². The first kappa shape index (κ1) is 41.1. The summed E-state index contributed by atoms with van der Waals surface area (Å²) in [7, 11) is 1.94. The molecule has 2 aromatic rings. The second-order valence-electron chi connectivity index (χ2n) is 11.4. The van der Waals surface area contributed by atoms with Gasteiger partial charge >= 0.3 is 5.13 Å². The Hall–Kier alpha value is -2.11. The summed E-state index contributed by atoms with van der Waals surface area (Å²) < 4.78 is 42.9. The van der Waals surface area contributed by atoms with Gasteiger partial charge in [0, 0.05) is 29.7 Å². The fourth-order valence-corrected chi connectivity index (χ4v) is 5.03. The molecule has 1 aromatic heterocycles. The largest absolute Gasteiger partial charge is 0.408 e. The normalized spacial score (nSPS) is 13.3. The van der Waals surface area contributed by atoms with E-state index in [2.05, 4.69) is 21.2 Å². The molecule has 0 aliphatic rings. The van der Waals surface area contributed by atoms with Gasteiger partial charge in [-0.1, -0.05) is 6.07 Å². The molecule has 0 bridgehead atoms. The predicted octanol–water partition coefficient (Wildman–Crippen LogP) is 3.76. The van der Waals surface area contributed by atoms with E-state index < -0.39 is 0 Å². The number of aliphatic hydroxyl groups is 2. The number of aromatic nitrogens is 1. The van der Waals surface area contributed by atoms with E-state index in [1.54, 1.807) is 0 Å². The summed E-state index contributed by atoms with van der Waals surface area (Å²) in [4.78, 5) is 2.24. The van der Waals surface area contributed by atoms with Crippen molar-refractivity contribution in [3.8, 4) is 0 Å². The monoisotopic (exact) mass is 685 g/mol. The third-order valence-corrected chi connectivity index (χ3v) is 7.54. The fourth-order valence-electron chi connectivity index (χ4n) is 4.35. The second-order valence-corrected chi connectivity index (χ2v) is 12.2. The van der Waals surface area contributed by atoms with Crippen LogP contribution in [0, 0.1) is 6.92 Å². The number of nitrogens with zero attached hydrogens (tertiary/aromatic N) is 4. The van der Waals surface area contributed by atoms with E-state index in [4.69, 9.17) is 43.4 Å². The molecular formula is C33H57N4O9S+. The van der Waals surface area contributed by atoms with Crippen molar-refractivity contribution in [2.24, 2.45) is 17.3 Å². The smallest absolute Gasteiger partial charge is 0.394 e. The van der Waals surface area contributed by atoms with Crippen molar-refractivity contribution in [1.29, 1.82) is 0 Å². The van der Waals surface area contributed by atoms with Crippen molar-refractivity contribution in [3.05, 3.63) is 35.3 Å². The third kappa shape index (κ3) is 17.7. The van der Waals surface area contributed by atoms with Crippen LogP contribution in [0.4, 0.5) is 16.5 Å². The van der Waals surface area contributed by atoms with Gasteiger partial charge in [0.25, 0.3) is 0 Å². The molecule has 0 saturated heterocycles. The zero-order valence-electron chi connectivity index (χ0n) is 29.0. The molecule has 2 unspecified atom stereocenters. The molecule has 268 valence electrons. The number of azo groups is 1. The van der Waals surface area contributed by atoms with Gasteiger partial charge in [-0.25, -0.2) is 4.57 Å². The maximum absolute atomic E-state index is 9.06. The van der Waals surface area contributed by atoms with E-state index in [1.165, 1.54) is 11.3 Å². The summed E-state index contributed by atoms with van der Waals surface area (Å²) in [5.41, 5.74) is 2.71. The van der Waals surface area contributed by atoms with Crippen LogP contribution in [-0.2, 0) is 40.2 Å². The van der Waals surface area contributed by atoms with Crippen molar-refractivity contribution in [3.63, 3.8) is 0 Å². The molecule has 1 aromatic carbocycles. The molecule has 1 heterocycles. The quantitative estimate of drug-likeness (QED) is 0.0774. The molecule has 0 saturated carbocycles. The van der Waals surface area contributed by atoms with Crippen molar-refractivity contribution in [2.75, 3.05) is 97.3 Å². The minimum absolute atomic E-state index is 0.0112. The first-order valence-electron chi connectivity index (χ1n) is 16.4. The molecule has 0 radical (unpaired) electrons. The molecule has 2 N–H and O–H groups in total. The van der Waals surface area contributed by atoms with Crippen LogP contribution in [0.1, 0.15) is 33.3 Å². The van der Waals surface area contributed by atoms with E-state index in [9.17, 15) is 0 Å². The van der Waals surface area contributed by atoms with Crippen LogP contribution in [0.2, 0.25) is 0 Å². The Bertz CT molecular complexity index is 1110. The van der Waals surface area contributed by atoms with Crippen LogP contribution >= 0.6 is 11.3 Å². The highest BCUT2D eigenvalue weighted by Gasteiger charge is 2.24. The van der Waals surface area contributed by atoms with Crippen molar-refractivity contribution >= 4 is 27.8 Å². The zero-order chi connectivity index (χ0) is 34.3. The maximum Gasteiger partial charge on any atom is 0.408 e.